The van der Waals surface area contributed by atoms with E-state index in [0.717, 1.165) is 6.42 Å². The first kappa shape index (κ1) is 24.9. The van der Waals surface area contributed by atoms with E-state index in [-0.39, 0.29) is 22.3 Å². The molecule has 0 atom stereocenters. The van der Waals surface area contributed by atoms with Crippen LogP contribution in [0.25, 0.3) is 0 Å². The minimum atomic E-state index is -0.175. The zero-order chi connectivity index (χ0) is 23.8. The fourth-order valence-electron chi connectivity index (χ4n) is 4.16. The van der Waals surface area contributed by atoms with Crippen LogP contribution in [0.4, 0.5) is 11.4 Å². The van der Waals surface area contributed by atoms with Gasteiger partial charge in [0.15, 0.2) is 5.11 Å². The summed E-state index contributed by atoms with van der Waals surface area (Å²) in [6.07, 6.45) is 7.76. The van der Waals surface area contributed by atoms with Crippen LogP contribution in [-0.2, 0) is 10.2 Å². The number of carbonyl (C=O) groups is 2. The molecule has 1 saturated carbocycles. The normalized spacial score (nSPS) is 14.4. The lowest BCUT2D eigenvalue weighted by Crippen LogP contribution is -2.34. The molecule has 2 aromatic rings. The second kappa shape index (κ2) is 11.4. The largest absolute Gasteiger partial charge is 0.332 e. The maximum absolute atomic E-state index is 12.6. The predicted octanol–water partition coefficient (Wildman–Crippen LogP) is 6.41. The molecule has 2 aromatic carbocycles. The number of amides is 2. The van der Waals surface area contributed by atoms with Gasteiger partial charge in [-0.1, -0.05) is 71.1 Å². The van der Waals surface area contributed by atoms with Crippen molar-refractivity contribution in [2.45, 2.75) is 71.1 Å². The summed E-state index contributed by atoms with van der Waals surface area (Å²) in [5.41, 5.74) is 3.17. The third-order valence-electron chi connectivity index (χ3n) is 6.15. The van der Waals surface area contributed by atoms with E-state index in [2.05, 4.69) is 36.7 Å². The van der Waals surface area contributed by atoms with Gasteiger partial charge in [-0.15, -0.1) is 0 Å². The van der Waals surface area contributed by atoms with E-state index in [4.69, 9.17) is 12.2 Å². The van der Waals surface area contributed by atoms with Crippen LogP contribution >= 0.6 is 12.2 Å². The molecule has 0 radical (unpaired) electrons. The molecule has 1 fully saturated rings. The molecular formula is C27H35N3O2S. The molecule has 0 aliphatic heterocycles. The minimum absolute atomic E-state index is 0.0404. The minimum Gasteiger partial charge on any atom is -0.332 e. The van der Waals surface area contributed by atoms with Crippen molar-refractivity contribution in [3.05, 3.63) is 59.7 Å². The summed E-state index contributed by atoms with van der Waals surface area (Å²) in [4.78, 5) is 24.9. The van der Waals surface area contributed by atoms with E-state index in [1.54, 1.807) is 6.07 Å². The summed E-state index contributed by atoms with van der Waals surface area (Å²) >= 11 is 5.30. The van der Waals surface area contributed by atoms with Crippen molar-refractivity contribution in [2.75, 3.05) is 10.6 Å². The summed E-state index contributed by atoms with van der Waals surface area (Å²) in [5.74, 6) is 0.434. The molecule has 0 saturated heterocycles. The van der Waals surface area contributed by atoms with Crippen molar-refractivity contribution in [3.8, 4) is 0 Å². The van der Waals surface area contributed by atoms with Crippen molar-refractivity contribution >= 4 is 40.5 Å². The first-order valence-electron chi connectivity index (χ1n) is 11.8. The molecule has 33 heavy (non-hydrogen) atoms. The Labute approximate surface area is 202 Å². The average Bonchev–Trinajstić information content (AvgIpc) is 2.78. The predicted molar refractivity (Wildman–Crippen MR) is 140 cm³/mol. The topological polar surface area (TPSA) is 70.2 Å². The maximum Gasteiger partial charge on any atom is 0.255 e. The fourth-order valence-corrected chi connectivity index (χ4v) is 4.39. The van der Waals surface area contributed by atoms with Gasteiger partial charge in [0.2, 0.25) is 5.91 Å². The number of thiocarbonyl (C=S) groups is 1. The van der Waals surface area contributed by atoms with Crippen LogP contribution in [0.5, 0.6) is 0 Å². The molecule has 5 nitrogen and oxygen atoms in total. The number of nitrogens with one attached hydrogen (secondary N) is 3. The lowest BCUT2D eigenvalue weighted by Gasteiger charge is -2.21. The van der Waals surface area contributed by atoms with Gasteiger partial charge in [-0.25, -0.2) is 0 Å². The average molecular weight is 466 g/mol. The Morgan fingerprint density at radius 2 is 1.58 bits per heavy atom. The second-order valence-corrected chi connectivity index (χ2v) is 10.3. The summed E-state index contributed by atoms with van der Waals surface area (Å²) < 4.78 is 0. The molecule has 0 spiro atoms. The van der Waals surface area contributed by atoms with Crippen molar-refractivity contribution in [3.63, 3.8) is 0 Å². The Morgan fingerprint density at radius 3 is 2.21 bits per heavy atom. The first-order valence-corrected chi connectivity index (χ1v) is 12.2. The van der Waals surface area contributed by atoms with Crippen LogP contribution in [0, 0.1) is 5.92 Å². The Bertz CT molecular complexity index is 974. The van der Waals surface area contributed by atoms with Gasteiger partial charge in [0.05, 0.1) is 0 Å². The molecular weight excluding hydrogens is 430 g/mol. The summed E-state index contributed by atoms with van der Waals surface area (Å²) in [5, 5.41) is 8.99. The molecule has 2 amide bonds. The van der Waals surface area contributed by atoms with E-state index < -0.39 is 0 Å². The van der Waals surface area contributed by atoms with Gasteiger partial charge < -0.3 is 16.0 Å². The molecule has 0 aromatic heterocycles. The highest BCUT2D eigenvalue weighted by atomic mass is 32.1. The molecule has 1 aliphatic rings. The van der Waals surface area contributed by atoms with Crippen molar-refractivity contribution < 1.29 is 9.59 Å². The number of benzene rings is 2. The van der Waals surface area contributed by atoms with Crippen LogP contribution in [0.15, 0.2) is 48.5 Å². The van der Waals surface area contributed by atoms with Gasteiger partial charge in [-0.2, -0.15) is 0 Å². The van der Waals surface area contributed by atoms with Crippen molar-refractivity contribution in [1.29, 1.82) is 0 Å². The number of carbonyl (C=O) groups excluding carboxylic acids is 2. The zero-order valence-corrected chi connectivity index (χ0v) is 20.7. The van der Waals surface area contributed by atoms with Crippen molar-refractivity contribution in [2.24, 2.45) is 5.92 Å². The maximum atomic E-state index is 12.6. The number of hydrogen-bond acceptors (Lipinski definition) is 3. The van der Waals surface area contributed by atoms with Gasteiger partial charge in [-0.3, -0.25) is 9.59 Å². The Hall–Kier alpha value is -2.73. The van der Waals surface area contributed by atoms with Crippen LogP contribution in [0.2, 0.25) is 0 Å². The highest BCUT2D eigenvalue weighted by Gasteiger charge is 2.16. The third kappa shape index (κ3) is 7.97. The summed E-state index contributed by atoms with van der Waals surface area (Å²) in [6.45, 7) is 6.43. The number of hydrogen-bond donors (Lipinski definition) is 3. The van der Waals surface area contributed by atoms with E-state index in [9.17, 15) is 9.59 Å². The second-order valence-electron chi connectivity index (χ2n) is 9.91. The zero-order valence-electron chi connectivity index (χ0n) is 19.9. The first-order chi connectivity index (χ1) is 15.7. The Morgan fingerprint density at radius 1 is 0.939 bits per heavy atom. The number of rotatable bonds is 6. The highest BCUT2D eigenvalue weighted by Crippen LogP contribution is 2.27. The van der Waals surface area contributed by atoms with Crippen LogP contribution in [-0.4, -0.2) is 16.9 Å². The van der Waals surface area contributed by atoms with Gasteiger partial charge in [-0.05, 0) is 65.9 Å². The van der Waals surface area contributed by atoms with Gasteiger partial charge >= 0.3 is 0 Å². The highest BCUT2D eigenvalue weighted by molar-refractivity contribution is 7.80. The number of anilines is 2. The fraction of sp³-hybridized carbons (Fsp3) is 0.444. The van der Waals surface area contributed by atoms with E-state index in [0.29, 0.717) is 29.3 Å². The molecule has 6 heteroatoms. The van der Waals surface area contributed by atoms with Gasteiger partial charge in [0, 0.05) is 23.4 Å². The molecule has 0 unspecified atom stereocenters. The smallest absolute Gasteiger partial charge is 0.255 e. The molecule has 0 bridgehead atoms. The lowest BCUT2D eigenvalue weighted by molar-refractivity contribution is -0.120. The SMILES string of the molecule is CC(C)(C)c1ccc(C(=O)Nc2cccc(NC(=S)NC(=O)CCC3CCCCC3)c2)cc1. The van der Waals surface area contributed by atoms with E-state index >= 15 is 0 Å². The summed E-state index contributed by atoms with van der Waals surface area (Å²) in [7, 11) is 0. The van der Waals surface area contributed by atoms with Gasteiger partial charge in [0.1, 0.15) is 0 Å². The van der Waals surface area contributed by atoms with E-state index in [1.807, 2.05) is 42.5 Å². The Balaban J connectivity index is 1.49. The van der Waals surface area contributed by atoms with Crippen LogP contribution < -0.4 is 16.0 Å². The van der Waals surface area contributed by atoms with E-state index in [1.165, 1.54) is 37.7 Å². The van der Waals surface area contributed by atoms with Gasteiger partial charge in [0.25, 0.3) is 5.91 Å². The molecule has 3 N–H and O–H groups in total. The molecule has 1 aliphatic carbocycles. The monoisotopic (exact) mass is 465 g/mol. The summed E-state index contributed by atoms with van der Waals surface area (Å²) in [6, 6.07) is 14.9. The molecule has 176 valence electrons. The third-order valence-corrected chi connectivity index (χ3v) is 6.35. The molecule has 0 heterocycles. The Kier molecular flexibility index (Phi) is 8.61. The lowest BCUT2D eigenvalue weighted by atomic mass is 9.86. The van der Waals surface area contributed by atoms with Crippen LogP contribution in [0.1, 0.15) is 81.6 Å². The molecule has 3 rings (SSSR count). The van der Waals surface area contributed by atoms with Crippen molar-refractivity contribution in [1.82, 2.24) is 5.32 Å². The quantitative estimate of drug-likeness (QED) is 0.431. The van der Waals surface area contributed by atoms with Crippen LogP contribution in [0.3, 0.4) is 0 Å². The standard InChI is InChI=1S/C27H35N3O2S/c1-27(2,3)21-15-13-20(14-16-21)25(32)28-22-10-7-11-23(18-22)29-26(33)30-24(31)17-12-19-8-5-4-6-9-19/h7,10-11,13-16,18-19H,4-6,8-9,12,17H2,1-3H3,(H,28,32)(H2,29,30,31,33).